The maximum absolute atomic E-state index is 13.8. The van der Waals surface area contributed by atoms with Crippen molar-refractivity contribution < 1.29 is 26.7 Å². The first kappa shape index (κ1) is 19.1. The Morgan fingerprint density at radius 2 is 1.89 bits per heavy atom. The average molecular weight is 404 g/mol. The van der Waals surface area contributed by atoms with Crippen LogP contribution in [0.1, 0.15) is 28.7 Å². The summed E-state index contributed by atoms with van der Waals surface area (Å²) < 4.78 is 67.7. The van der Waals surface area contributed by atoms with Crippen LogP contribution >= 0.6 is 11.6 Å². The Labute approximate surface area is 154 Å². The molecule has 1 aromatic carbocycles. The Bertz CT molecular complexity index is 1020. The van der Waals surface area contributed by atoms with E-state index in [0.717, 1.165) is 22.6 Å². The summed E-state index contributed by atoms with van der Waals surface area (Å²) in [6.07, 6.45) is -3.86. The van der Waals surface area contributed by atoms with E-state index in [1.807, 2.05) is 0 Å². The first-order valence-corrected chi connectivity index (χ1v) is 8.04. The van der Waals surface area contributed by atoms with Crippen molar-refractivity contribution in [1.29, 1.82) is 0 Å². The zero-order chi connectivity index (χ0) is 19.9. The Balaban J connectivity index is 2.17. The highest BCUT2D eigenvalue weighted by Gasteiger charge is 2.33. The summed E-state index contributed by atoms with van der Waals surface area (Å²) in [5.74, 6) is -3.06. The molecule has 0 aliphatic heterocycles. The number of anilines is 1. The van der Waals surface area contributed by atoms with Gasteiger partial charge < -0.3 is 5.32 Å². The van der Waals surface area contributed by atoms with Crippen LogP contribution in [0.4, 0.5) is 27.6 Å². The topological polar surface area (TPSA) is 46.4 Å². The summed E-state index contributed by atoms with van der Waals surface area (Å²) in [6, 6.07) is 3.68. The molecule has 0 saturated carbocycles. The third kappa shape index (κ3) is 3.46. The Kier molecular flexibility index (Phi) is 4.81. The molecule has 27 heavy (non-hydrogen) atoms. The van der Waals surface area contributed by atoms with E-state index in [1.165, 1.54) is 0 Å². The molecule has 10 heteroatoms. The largest absolute Gasteiger partial charge is 0.417 e. The molecule has 1 amide bonds. The van der Waals surface area contributed by atoms with Crippen LogP contribution in [0, 0.1) is 11.6 Å². The molecular formula is C17H11ClF5N3O. The number of halogens is 6. The van der Waals surface area contributed by atoms with Crippen LogP contribution in [0.3, 0.4) is 0 Å². The molecule has 3 aromatic rings. The van der Waals surface area contributed by atoms with Gasteiger partial charge in [-0.2, -0.15) is 13.2 Å². The number of nitrogens with zero attached hydrogens (tertiary/aromatic N) is 2. The van der Waals surface area contributed by atoms with Gasteiger partial charge in [-0.1, -0.05) is 24.6 Å². The number of imidazole rings is 1. The molecule has 3 rings (SSSR count). The highest BCUT2D eigenvalue weighted by molar-refractivity contribution is 6.33. The zero-order valence-electron chi connectivity index (χ0n) is 13.7. The summed E-state index contributed by atoms with van der Waals surface area (Å²) in [4.78, 5) is 16.7. The van der Waals surface area contributed by atoms with Crippen LogP contribution in [0.15, 0.2) is 30.5 Å². The number of benzene rings is 1. The fourth-order valence-corrected chi connectivity index (χ4v) is 2.83. The lowest BCUT2D eigenvalue weighted by Gasteiger charge is -2.11. The number of aromatic nitrogens is 2. The third-order valence-electron chi connectivity index (χ3n) is 3.83. The molecule has 0 unspecified atom stereocenters. The van der Waals surface area contributed by atoms with Gasteiger partial charge in [-0.3, -0.25) is 9.20 Å². The van der Waals surface area contributed by atoms with Crippen LogP contribution in [0.25, 0.3) is 5.65 Å². The van der Waals surface area contributed by atoms with Crippen LogP contribution in [0.5, 0.6) is 0 Å². The van der Waals surface area contributed by atoms with Crippen LogP contribution in [0.2, 0.25) is 5.02 Å². The third-order valence-corrected chi connectivity index (χ3v) is 4.10. The van der Waals surface area contributed by atoms with Crippen molar-refractivity contribution in [2.45, 2.75) is 19.5 Å². The van der Waals surface area contributed by atoms with E-state index >= 15 is 0 Å². The fourth-order valence-electron chi connectivity index (χ4n) is 2.58. The molecule has 0 fully saturated rings. The van der Waals surface area contributed by atoms with E-state index in [1.54, 1.807) is 6.92 Å². The van der Waals surface area contributed by atoms with E-state index in [4.69, 9.17) is 11.6 Å². The highest BCUT2D eigenvalue weighted by atomic mass is 35.5. The number of rotatable bonds is 3. The monoisotopic (exact) mass is 403 g/mol. The first-order chi connectivity index (χ1) is 12.6. The van der Waals surface area contributed by atoms with E-state index in [0.29, 0.717) is 12.3 Å². The second-order valence-corrected chi connectivity index (χ2v) is 5.99. The van der Waals surface area contributed by atoms with Gasteiger partial charge in [0.1, 0.15) is 23.0 Å². The summed E-state index contributed by atoms with van der Waals surface area (Å²) >= 11 is 5.89. The Hall–Kier alpha value is -2.68. The van der Waals surface area contributed by atoms with E-state index in [9.17, 15) is 26.7 Å². The van der Waals surface area contributed by atoms with Gasteiger partial charge >= 0.3 is 6.18 Å². The summed E-state index contributed by atoms with van der Waals surface area (Å²) in [7, 11) is 0. The van der Waals surface area contributed by atoms with Gasteiger partial charge in [0.15, 0.2) is 5.65 Å². The van der Waals surface area contributed by atoms with Crippen molar-refractivity contribution >= 4 is 28.8 Å². The number of hydrogen-bond donors (Lipinski definition) is 1. The van der Waals surface area contributed by atoms with Gasteiger partial charge in [0, 0.05) is 6.20 Å². The molecule has 2 heterocycles. The van der Waals surface area contributed by atoms with E-state index < -0.39 is 35.0 Å². The average Bonchev–Trinajstić information content (AvgIpc) is 2.96. The van der Waals surface area contributed by atoms with Crippen LogP contribution < -0.4 is 5.32 Å². The molecule has 0 aliphatic carbocycles. The quantitative estimate of drug-likeness (QED) is 0.618. The predicted molar refractivity (Wildman–Crippen MR) is 88.9 cm³/mol. The summed E-state index contributed by atoms with van der Waals surface area (Å²) in [5, 5.41) is 1.74. The van der Waals surface area contributed by atoms with Gasteiger partial charge in [0.2, 0.25) is 0 Å². The molecule has 0 saturated heterocycles. The number of carbonyl (C=O) groups excluding carboxylic acids is 1. The molecule has 0 radical (unpaired) electrons. The number of alkyl halides is 3. The maximum Gasteiger partial charge on any atom is 0.417 e. The van der Waals surface area contributed by atoms with E-state index in [-0.39, 0.29) is 28.5 Å². The minimum absolute atomic E-state index is 0.0688. The maximum atomic E-state index is 13.8. The molecule has 2 aromatic heterocycles. The van der Waals surface area contributed by atoms with Crippen molar-refractivity contribution in [3.8, 4) is 0 Å². The molecule has 0 spiro atoms. The lowest BCUT2D eigenvalue weighted by Crippen LogP contribution is -2.18. The van der Waals surface area contributed by atoms with Gasteiger partial charge in [0.05, 0.1) is 16.3 Å². The van der Waals surface area contributed by atoms with Crippen molar-refractivity contribution in [2.24, 2.45) is 0 Å². The molecule has 4 nitrogen and oxygen atoms in total. The van der Waals surface area contributed by atoms with E-state index in [2.05, 4.69) is 10.3 Å². The normalized spacial score (nSPS) is 11.8. The molecule has 0 aliphatic rings. The second kappa shape index (κ2) is 6.80. The minimum Gasteiger partial charge on any atom is -0.316 e. The van der Waals surface area contributed by atoms with Crippen molar-refractivity contribution in [1.82, 2.24) is 9.38 Å². The lowest BCUT2D eigenvalue weighted by molar-refractivity contribution is -0.137. The van der Waals surface area contributed by atoms with Crippen molar-refractivity contribution in [3.05, 3.63) is 64.1 Å². The number of amides is 1. The Morgan fingerprint density at radius 1 is 1.26 bits per heavy atom. The standard InChI is InChI=1S/C17H11ClF5N3O/c1-2-12-14(16(27)25-13-10(19)4-3-5-11(13)20)26-7-8(17(21,22)23)6-9(18)15(26)24-12/h3-7H,2H2,1H3,(H,25,27). The number of fused-ring (bicyclic) bond motifs is 1. The predicted octanol–water partition coefficient (Wildman–Crippen LogP) is 5.10. The van der Waals surface area contributed by atoms with Gasteiger partial charge in [-0.05, 0) is 24.6 Å². The van der Waals surface area contributed by atoms with Crippen LogP contribution in [-0.2, 0) is 12.6 Å². The SMILES string of the molecule is CCc1nc2c(Cl)cc(C(F)(F)F)cn2c1C(=O)Nc1c(F)cccc1F. The fraction of sp³-hybridized carbons (Fsp3) is 0.176. The molecule has 142 valence electrons. The second-order valence-electron chi connectivity index (χ2n) is 5.58. The van der Waals surface area contributed by atoms with Gasteiger partial charge in [-0.25, -0.2) is 13.8 Å². The number of pyridine rings is 1. The molecular weight excluding hydrogens is 393 g/mol. The van der Waals surface area contributed by atoms with Crippen molar-refractivity contribution in [2.75, 3.05) is 5.32 Å². The smallest absolute Gasteiger partial charge is 0.316 e. The number of aryl methyl sites for hydroxylation is 1. The zero-order valence-corrected chi connectivity index (χ0v) is 14.4. The molecule has 0 atom stereocenters. The van der Waals surface area contributed by atoms with Crippen molar-refractivity contribution in [3.63, 3.8) is 0 Å². The lowest BCUT2D eigenvalue weighted by atomic mass is 10.2. The molecule has 1 N–H and O–H groups in total. The van der Waals surface area contributed by atoms with Gasteiger partial charge in [0.25, 0.3) is 5.91 Å². The Morgan fingerprint density at radius 3 is 2.44 bits per heavy atom. The molecule has 0 bridgehead atoms. The first-order valence-electron chi connectivity index (χ1n) is 7.66. The summed E-state index contributed by atoms with van der Waals surface area (Å²) in [6.45, 7) is 1.63. The number of para-hydroxylation sites is 1. The summed E-state index contributed by atoms with van der Waals surface area (Å²) in [5.41, 5.74) is -2.03. The number of nitrogens with one attached hydrogen (secondary N) is 1. The number of carbonyl (C=O) groups is 1. The highest BCUT2D eigenvalue weighted by Crippen LogP contribution is 2.33. The van der Waals surface area contributed by atoms with Crippen LogP contribution in [-0.4, -0.2) is 15.3 Å². The number of hydrogen-bond acceptors (Lipinski definition) is 2. The minimum atomic E-state index is -4.71. The van der Waals surface area contributed by atoms with Gasteiger partial charge in [-0.15, -0.1) is 0 Å².